The van der Waals surface area contributed by atoms with Crippen molar-refractivity contribution in [3.63, 3.8) is 0 Å². The average molecular weight is 293 g/mol. The zero-order chi connectivity index (χ0) is 12.3. The van der Waals surface area contributed by atoms with Gasteiger partial charge in [0.2, 0.25) is 0 Å². The lowest BCUT2D eigenvalue weighted by Crippen LogP contribution is -2.14. The summed E-state index contributed by atoms with van der Waals surface area (Å²) in [5, 5.41) is 0. The number of carbonyl (C=O) groups is 1. The molecule has 0 aliphatic rings. The Hall–Kier alpha value is -0.970. The fourth-order valence-electron chi connectivity index (χ4n) is 1.31. The molecule has 0 heterocycles. The van der Waals surface area contributed by atoms with Gasteiger partial charge in [0.25, 0.3) is 0 Å². The lowest BCUT2D eigenvalue weighted by atomic mass is 10.0. The monoisotopic (exact) mass is 292 g/mol. The standard InChI is InChI=1S/C11H11BrF2O2/c1-6-4-3-5-8(9(15)7(2)12)10(6)16-11(13)14/h3-5,7,11H,1-2H3. The summed E-state index contributed by atoms with van der Waals surface area (Å²) in [6.07, 6.45) is 0. The largest absolute Gasteiger partial charge is 0.434 e. The van der Waals surface area contributed by atoms with Gasteiger partial charge in [-0.3, -0.25) is 4.79 Å². The van der Waals surface area contributed by atoms with Crippen molar-refractivity contribution in [1.82, 2.24) is 0 Å². The molecule has 0 aliphatic carbocycles. The van der Waals surface area contributed by atoms with E-state index in [4.69, 9.17) is 0 Å². The first-order valence-electron chi connectivity index (χ1n) is 4.66. The number of benzene rings is 1. The van der Waals surface area contributed by atoms with Crippen molar-refractivity contribution in [2.75, 3.05) is 0 Å². The number of hydrogen-bond acceptors (Lipinski definition) is 2. The zero-order valence-electron chi connectivity index (χ0n) is 8.84. The van der Waals surface area contributed by atoms with Crippen LogP contribution in [0.2, 0.25) is 0 Å². The minimum Gasteiger partial charge on any atom is -0.434 e. The molecular weight excluding hydrogens is 282 g/mol. The molecule has 88 valence electrons. The summed E-state index contributed by atoms with van der Waals surface area (Å²) in [5.74, 6) is -0.326. The van der Waals surface area contributed by atoms with Gasteiger partial charge in [0.05, 0.1) is 10.4 Å². The molecule has 0 aromatic heterocycles. The van der Waals surface area contributed by atoms with Crippen LogP contribution in [0, 0.1) is 6.92 Å². The van der Waals surface area contributed by atoms with Gasteiger partial charge in [-0.05, 0) is 25.5 Å². The van der Waals surface area contributed by atoms with Gasteiger partial charge < -0.3 is 4.74 Å². The van der Waals surface area contributed by atoms with Crippen molar-refractivity contribution in [3.05, 3.63) is 29.3 Å². The maximum Gasteiger partial charge on any atom is 0.387 e. The Morgan fingerprint density at radius 3 is 2.56 bits per heavy atom. The van der Waals surface area contributed by atoms with Crippen LogP contribution in [-0.4, -0.2) is 17.2 Å². The van der Waals surface area contributed by atoms with E-state index in [0.29, 0.717) is 5.56 Å². The van der Waals surface area contributed by atoms with Crippen LogP contribution in [-0.2, 0) is 0 Å². The van der Waals surface area contributed by atoms with E-state index in [-0.39, 0.29) is 17.1 Å². The minimum atomic E-state index is -2.93. The fraction of sp³-hybridized carbons (Fsp3) is 0.364. The van der Waals surface area contributed by atoms with Gasteiger partial charge in [-0.15, -0.1) is 0 Å². The molecule has 1 atom stereocenters. The van der Waals surface area contributed by atoms with E-state index in [1.54, 1.807) is 26.0 Å². The molecular formula is C11H11BrF2O2. The van der Waals surface area contributed by atoms with Crippen molar-refractivity contribution in [2.24, 2.45) is 0 Å². The summed E-state index contributed by atoms with van der Waals surface area (Å²) >= 11 is 3.11. The molecule has 0 saturated heterocycles. The molecule has 0 spiro atoms. The van der Waals surface area contributed by atoms with Crippen LogP contribution < -0.4 is 4.74 Å². The molecule has 16 heavy (non-hydrogen) atoms. The number of alkyl halides is 3. The predicted molar refractivity (Wildman–Crippen MR) is 60.5 cm³/mol. The summed E-state index contributed by atoms with van der Waals surface area (Å²) in [7, 11) is 0. The molecule has 0 N–H and O–H groups in total. The molecule has 0 fully saturated rings. The highest BCUT2D eigenvalue weighted by Gasteiger charge is 2.20. The van der Waals surface area contributed by atoms with Crippen LogP contribution in [0.4, 0.5) is 8.78 Å². The number of para-hydroxylation sites is 1. The van der Waals surface area contributed by atoms with E-state index >= 15 is 0 Å². The topological polar surface area (TPSA) is 26.3 Å². The molecule has 0 radical (unpaired) electrons. The number of ketones is 1. The van der Waals surface area contributed by atoms with Crippen molar-refractivity contribution in [2.45, 2.75) is 25.3 Å². The molecule has 0 bridgehead atoms. The van der Waals surface area contributed by atoms with E-state index in [1.807, 2.05) is 0 Å². The Balaban J connectivity index is 3.17. The first-order chi connectivity index (χ1) is 7.43. The molecule has 1 unspecified atom stereocenters. The molecule has 0 aliphatic heterocycles. The average Bonchev–Trinajstić information content (AvgIpc) is 2.19. The van der Waals surface area contributed by atoms with Gasteiger partial charge >= 0.3 is 6.61 Å². The van der Waals surface area contributed by atoms with Crippen LogP contribution in [0.1, 0.15) is 22.8 Å². The van der Waals surface area contributed by atoms with Gasteiger partial charge in [-0.1, -0.05) is 28.1 Å². The second kappa shape index (κ2) is 5.39. The second-order valence-electron chi connectivity index (χ2n) is 3.31. The summed E-state index contributed by atoms with van der Waals surface area (Å²) in [6, 6.07) is 4.73. The van der Waals surface area contributed by atoms with Crippen molar-refractivity contribution in [3.8, 4) is 5.75 Å². The Morgan fingerprint density at radius 1 is 1.44 bits per heavy atom. The number of rotatable bonds is 4. The molecule has 5 heteroatoms. The van der Waals surface area contributed by atoms with E-state index in [2.05, 4.69) is 20.7 Å². The van der Waals surface area contributed by atoms with Gasteiger partial charge in [0, 0.05) is 0 Å². The van der Waals surface area contributed by atoms with Crippen LogP contribution in [0.15, 0.2) is 18.2 Å². The zero-order valence-corrected chi connectivity index (χ0v) is 10.4. The van der Waals surface area contributed by atoms with E-state index in [1.165, 1.54) is 6.07 Å². The smallest absolute Gasteiger partial charge is 0.387 e. The van der Waals surface area contributed by atoms with Gasteiger partial charge in [-0.25, -0.2) is 0 Å². The minimum absolute atomic E-state index is 0.0474. The summed E-state index contributed by atoms with van der Waals surface area (Å²) in [6.45, 7) is 0.322. The normalized spacial score (nSPS) is 12.6. The van der Waals surface area contributed by atoms with Crippen LogP contribution in [0.25, 0.3) is 0 Å². The molecule has 1 aromatic carbocycles. The fourth-order valence-corrected chi connectivity index (χ4v) is 1.55. The molecule has 2 nitrogen and oxygen atoms in total. The van der Waals surface area contributed by atoms with Crippen molar-refractivity contribution < 1.29 is 18.3 Å². The first kappa shape index (κ1) is 13.1. The lowest BCUT2D eigenvalue weighted by molar-refractivity contribution is -0.0505. The predicted octanol–water partition coefficient (Wildman–Crippen LogP) is 3.56. The number of aryl methyl sites for hydroxylation is 1. The lowest BCUT2D eigenvalue weighted by Gasteiger charge is -2.13. The maximum atomic E-state index is 12.2. The first-order valence-corrected chi connectivity index (χ1v) is 5.57. The Kier molecular flexibility index (Phi) is 4.41. The van der Waals surface area contributed by atoms with Gasteiger partial charge in [-0.2, -0.15) is 8.78 Å². The van der Waals surface area contributed by atoms with E-state index in [0.717, 1.165) is 0 Å². The quantitative estimate of drug-likeness (QED) is 0.626. The van der Waals surface area contributed by atoms with Gasteiger partial charge in [0.1, 0.15) is 5.75 Å². The summed E-state index contributed by atoms with van der Waals surface area (Å²) in [4.78, 5) is 11.3. The highest BCUT2D eigenvalue weighted by molar-refractivity contribution is 9.10. The van der Waals surface area contributed by atoms with E-state index in [9.17, 15) is 13.6 Å². The maximum absolute atomic E-state index is 12.2. The third-order valence-corrected chi connectivity index (χ3v) is 2.46. The summed E-state index contributed by atoms with van der Waals surface area (Å²) < 4.78 is 28.8. The van der Waals surface area contributed by atoms with Crippen LogP contribution in [0.5, 0.6) is 5.75 Å². The Labute approximate surface area is 101 Å². The SMILES string of the molecule is Cc1cccc(C(=O)C(C)Br)c1OC(F)F. The van der Waals surface area contributed by atoms with Gasteiger partial charge in [0.15, 0.2) is 5.78 Å². The van der Waals surface area contributed by atoms with Crippen molar-refractivity contribution in [1.29, 1.82) is 0 Å². The Morgan fingerprint density at radius 2 is 2.06 bits per heavy atom. The third-order valence-electron chi connectivity index (χ3n) is 2.05. The molecule has 1 aromatic rings. The molecule has 1 rings (SSSR count). The molecule has 0 amide bonds. The highest BCUT2D eigenvalue weighted by Crippen LogP contribution is 2.27. The number of ether oxygens (including phenoxy) is 1. The van der Waals surface area contributed by atoms with E-state index < -0.39 is 11.4 Å². The number of carbonyl (C=O) groups excluding carboxylic acids is 1. The van der Waals surface area contributed by atoms with Crippen molar-refractivity contribution >= 4 is 21.7 Å². The highest BCUT2D eigenvalue weighted by atomic mass is 79.9. The third kappa shape index (κ3) is 3.01. The summed E-state index contributed by atoms with van der Waals surface area (Å²) in [5.41, 5.74) is 0.684. The Bertz CT molecular complexity index is 392. The van der Waals surface area contributed by atoms with Crippen LogP contribution >= 0.6 is 15.9 Å². The number of hydrogen-bond donors (Lipinski definition) is 0. The number of Topliss-reactive ketones (excluding diaryl/α,β-unsaturated/α-hetero) is 1. The van der Waals surface area contributed by atoms with Crippen LogP contribution in [0.3, 0.4) is 0 Å². The second-order valence-corrected chi connectivity index (χ2v) is 4.68. The number of halogens is 3. The molecule has 0 saturated carbocycles.